The maximum absolute atomic E-state index is 4.60. The van der Waals surface area contributed by atoms with Crippen LogP contribution in [0.4, 0.5) is 0 Å². The maximum Gasteiger partial charge on any atom is 0.130 e. The van der Waals surface area contributed by atoms with Gasteiger partial charge in [0.2, 0.25) is 0 Å². The molecule has 0 N–H and O–H groups in total. The molecule has 2 aromatic heterocycles. The number of nitrogens with zero attached hydrogens (tertiary/aromatic N) is 4. The molecule has 0 saturated carbocycles. The fourth-order valence-corrected chi connectivity index (χ4v) is 3.23. The van der Waals surface area contributed by atoms with Crippen molar-refractivity contribution in [2.75, 3.05) is 0 Å². The lowest BCUT2D eigenvalue weighted by atomic mass is 9.96. The number of rotatable bonds is 7. The van der Waals surface area contributed by atoms with Gasteiger partial charge in [0.05, 0.1) is 17.4 Å². The fourth-order valence-electron chi connectivity index (χ4n) is 3.23. The largest absolute Gasteiger partial charge is 0.328 e. The van der Waals surface area contributed by atoms with Crippen molar-refractivity contribution in [3.8, 4) is 0 Å². The Morgan fingerprint density at radius 2 is 1.73 bits per heavy atom. The van der Waals surface area contributed by atoms with E-state index in [1.807, 2.05) is 18.7 Å². The van der Waals surface area contributed by atoms with E-state index in [1.54, 1.807) is 0 Å². The monoisotopic (exact) mass is 350 g/mol. The van der Waals surface area contributed by atoms with Crippen LogP contribution in [0.25, 0.3) is 11.0 Å². The standard InChI is InChI=1S/C22H30N4/c1-6-17(5)26-14-25-20-11-18(9-10-21(20)26)8-7-16(4)19-12-23-22(15(2)3)24-13-19/h9-17H,6-8H2,1-5H3. The Hall–Kier alpha value is -2.23. The Kier molecular flexibility index (Phi) is 5.70. The van der Waals surface area contributed by atoms with Crippen LogP contribution in [-0.2, 0) is 6.42 Å². The topological polar surface area (TPSA) is 43.6 Å². The molecule has 2 atom stereocenters. The highest BCUT2D eigenvalue weighted by Crippen LogP contribution is 2.24. The van der Waals surface area contributed by atoms with Gasteiger partial charge in [-0.05, 0) is 55.4 Å². The third-order valence-corrected chi connectivity index (χ3v) is 5.35. The first kappa shape index (κ1) is 18.6. The first-order valence-electron chi connectivity index (χ1n) is 9.76. The highest BCUT2D eigenvalue weighted by molar-refractivity contribution is 5.76. The SMILES string of the molecule is CCC(C)n1cnc2cc(CCC(C)c3cnc(C(C)C)nc3)ccc21. The molecule has 0 bridgehead atoms. The fraction of sp³-hybridized carbons (Fsp3) is 0.500. The molecular weight excluding hydrogens is 320 g/mol. The lowest BCUT2D eigenvalue weighted by Gasteiger charge is -2.13. The van der Waals surface area contributed by atoms with Crippen LogP contribution in [0.3, 0.4) is 0 Å². The number of hydrogen-bond donors (Lipinski definition) is 0. The number of hydrogen-bond acceptors (Lipinski definition) is 3. The maximum atomic E-state index is 4.60. The van der Waals surface area contributed by atoms with Gasteiger partial charge < -0.3 is 4.57 Å². The van der Waals surface area contributed by atoms with Crippen LogP contribution >= 0.6 is 0 Å². The van der Waals surface area contributed by atoms with Crippen molar-refractivity contribution >= 4 is 11.0 Å². The molecular formula is C22H30N4. The second-order valence-electron chi connectivity index (χ2n) is 7.70. The highest BCUT2D eigenvalue weighted by Gasteiger charge is 2.11. The minimum atomic E-state index is 0.376. The van der Waals surface area contributed by atoms with Crippen molar-refractivity contribution in [1.29, 1.82) is 0 Å². The summed E-state index contributed by atoms with van der Waals surface area (Å²) in [6.07, 6.45) is 9.19. The predicted octanol–water partition coefficient (Wildman–Crippen LogP) is 5.66. The molecule has 138 valence electrons. The molecule has 1 aromatic carbocycles. The van der Waals surface area contributed by atoms with Crippen LogP contribution in [0.2, 0.25) is 0 Å². The van der Waals surface area contributed by atoms with Gasteiger partial charge in [-0.25, -0.2) is 15.0 Å². The average molecular weight is 351 g/mol. The molecule has 3 rings (SSSR count). The summed E-state index contributed by atoms with van der Waals surface area (Å²) in [5, 5.41) is 0. The minimum Gasteiger partial charge on any atom is -0.328 e. The molecule has 2 heterocycles. The first-order valence-corrected chi connectivity index (χ1v) is 9.76. The number of imidazole rings is 1. The molecule has 3 aromatic rings. The van der Waals surface area contributed by atoms with Gasteiger partial charge in [-0.15, -0.1) is 0 Å². The molecule has 4 nitrogen and oxygen atoms in total. The van der Waals surface area contributed by atoms with Crippen LogP contribution in [0.1, 0.15) is 82.3 Å². The van der Waals surface area contributed by atoms with E-state index in [2.05, 4.69) is 72.3 Å². The van der Waals surface area contributed by atoms with E-state index in [1.165, 1.54) is 16.6 Å². The second kappa shape index (κ2) is 7.98. The van der Waals surface area contributed by atoms with Crippen molar-refractivity contribution in [3.63, 3.8) is 0 Å². The van der Waals surface area contributed by atoms with Gasteiger partial charge >= 0.3 is 0 Å². The van der Waals surface area contributed by atoms with Gasteiger partial charge in [0, 0.05) is 24.4 Å². The predicted molar refractivity (Wildman–Crippen MR) is 108 cm³/mol. The summed E-state index contributed by atoms with van der Waals surface area (Å²) < 4.78 is 2.27. The summed E-state index contributed by atoms with van der Waals surface area (Å²) in [6, 6.07) is 7.18. The molecule has 0 aliphatic carbocycles. The van der Waals surface area contributed by atoms with Gasteiger partial charge in [-0.1, -0.05) is 33.8 Å². The van der Waals surface area contributed by atoms with E-state index in [0.717, 1.165) is 30.6 Å². The van der Waals surface area contributed by atoms with Crippen molar-refractivity contribution in [1.82, 2.24) is 19.5 Å². The Morgan fingerprint density at radius 1 is 1.00 bits per heavy atom. The first-order chi connectivity index (χ1) is 12.5. The van der Waals surface area contributed by atoms with E-state index in [-0.39, 0.29) is 0 Å². The number of aryl methyl sites for hydroxylation is 1. The molecule has 0 saturated heterocycles. The second-order valence-corrected chi connectivity index (χ2v) is 7.70. The van der Waals surface area contributed by atoms with Crippen LogP contribution in [0.5, 0.6) is 0 Å². The Balaban J connectivity index is 1.67. The van der Waals surface area contributed by atoms with Gasteiger partial charge in [0.1, 0.15) is 5.82 Å². The smallest absolute Gasteiger partial charge is 0.130 e. The lowest BCUT2D eigenvalue weighted by molar-refractivity contribution is 0.544. The summed E-state index contributed by atoms with van der Waals surface area (Å²) in [4.78, 5) is 13.6. The zero-order valence-electron chi connectivity index (χ0n) is 16.6. The van der Waals surface area contributed by atoms with Crippen molar-refractivity contribution < 1.29 is 0 Å². The van der Waals surface area contributed by atoms with E-state index in [0.29, 0.717) is 17.9 Å². The molecule has 0 radical (unpaired) electrons. The molecule has 26 heavy (non-hydrogen) atoms. The number of benzene rings is 1. The molecule has 2 unspecified atom stereocenters. The number of fused-ring (bicyclic) bond motifs is 1. The van der Waals surface area contributed by atoms with E-state index in [9.17, 15) is 0 Å². The zero-order chi connectivity index (χ0) is 18.7. The van der Waals surface area contributed by atoms with Crippen LogP contribution < -0.4 is 0 Å². The van der Waals surface area contributed by atoms with E-state index < -0.39 is 0 Å². The normalized spacial score (nSPS) is 14.1. The van der Waals surface area contributed by atoms with Gasteiger partial charge in [0.25, 0.3) is 0 Å². The Labute approximate surface area is 156 Å². The quantitative estimate of drug-likeness (QED) is 0.552. The molecule has 0 fully saturated rings. The van der Waals surface area contributed by atoms with Crippen LogP contribution in [-0.4, -0.2) is 19.5 Å². The summed E-state index contributed by atoms with van der Waals surface area (Å²) in [5.74, 6) is 1.74. The van der Waals surface area contributed by atoms with Gasteiger partial charge in [-0.3, -0.25) is 0 Å². The molecule has 0 amide bonds. The van der Waals surface area contributed by atoms with Crippen molar-refractivity contribution in [3.05, 3.63) is 53.9 Å². The van der Waals surface area contributed by atoms with E-state index >= 15 is 0 Å². The zero-order valence-corrected chi connectivity index (χ0v) is 16.6. The average Bonchev–Trinajstić information content (AvgIpc) is 3.08. The summed E-state index contributed by atoms with van der Waals surface area (Å²) in [7, 11) is 0. The van der Waals surface area contributed by atoms with Crippen molar-refractivity contribution in [2.45, 2.75) is 71.8 Å². The van der Waals surface area contributed by atoms with E-state index in [4.69, 9.17) is 0 Å². The minimum absolute atomic E-state index is 0.376. The van der Waals surface area contributed by atoms with Crippen molar-refractivity contribution in [2.24, 2.45) is 0 Å². The van der Waals surface area contributed by atoms with Gasteiger partial charge in [0.15, 0.2) is 0 Å². The lowest BCUT2D eigenvalue weighted by Crippen LogP contribution is -2.02. The highest BCUT2D eigenvalue weighted by atomic mass is 15.1. The molecule has 0 aliphatic heterocycles. The van der Waals surface area contributed by atoms with Crippen LogP contribution in [0, 0.1) is 0 Å². The summed E-state index contributed by atoms with van der Waals surface area (Å²) >= 11 is 0. The Morgan fingerprint density at radius 3 is 2.38 bits per heavy atom. The number of aromatic nitrogens is 4. The summed E-state index contributed by atoms with van der Waals surface area (Å²) in [6.45, 7) is 10.9. The van der Waals surface area contributed by atoms with Crippen LogP contribution in [0.15, 0.2) is 36.9 Å². The molecule has 4 heteroatoms. The summed E-state index contributed by atoms with van der Waals surface area (Å²) in [5.41, 5.74) is 4.89. The third-order valence-electron chi connectivity index (χ3n) is 5.35. The van der Waals surface area contributed by atoms with Gasteiger partial charge in [-0.2, -0.15) is 0 Å². The molecule has 0 aliphatic rings. The molecule has 0 spiro atoms. The Bertz CT molecular complexity index is 848. The third kappa shape index (κ3) is 3.95.